The van der Waals surface area contributed by atoms with Gasteiger partial charge in [0.15, 0.2) is 0 Å². The van der Waals surface area contributed by atoms with E-state index >= 15 is 0 Å². The topological polar surface area (TPSA) is 46.2 Å². The summed E-state index contributed by atoms with van der Waals surface area (Å²) < 4.78 is 23.4. The molecule has 1 N–H and O–H groups in total. The average Bonchev–Trinajstić information content (AvgIpc) is 2.45. The van der Waals surface area contributed by atoms with Crippen molar-refractivity contribution in [2.24, 2.45) is 0 Å². The summed E-state index contributed by atoms with van der Waals surface area (Å²) in [5, 5.41) is 3.39. The summed E-state index contributed by atoms with van der Waals surface area (Å²) in [5.41, 5.74) is 2.70. The van der Waals surface area contributed by atoms with Gasteiger partial charge < -0.3 is 5.32 Å². The van der Waals surface area contributed by atoms with E-state index in [9.17, 15) is 8.42 Å². The highest BCUT2D eigenvalue weighted by molar-refractivity contribution is 7.91. The minimum absolute atomic E-state index is 0.157. The zero-order valence-electron chi connectivity index (χ0n) is 12.4. The number of hydrogen-bond acceptors (Lipinski definition) is 3. The molecule has 0 saturated heterocycles. The smallest absolute Gasteiger partial charge is 0.150 e. The second-order valence-corrected chi connectivity index (χ2v) is 8.14. The second kappa shape index (κ2) is 6.72. The van der Waals surface area contributed by atoms with E-state index in [0.717, 1.165) is 38.6 Å². The summed E-state index contributed by atoms with van der Waals surface area (Å²) >= 11 is 0. The van der Waals surface area contributed by atoms with Crippen LogP contribution in [-0.4, -0.2) is 26.0 Å². The summed E-state index contributed by atoms with van der Waals surface area (Å²) in [6.07, 6.45) is 6.07. The van der Waals surface area contributed by atoms with Crippen LogP contribution in [0.5, 0.6) is 0 Å². The Bertz CT molecular complexity index is 539. The predicted molar refractivity (Wildman–Crippen MR) is 83.5 cm³/mol. The quantitative estimate of drug-likeness (QED) is 0.908. The van der Waals surface area contributed by atoms with Crippen molar-refractivity contribution in [2.75, 3.05) is 6.26 Å². The lowest BCUT2D eigenvalue weighted by Gasteiger charge is -2.29. The van der Waals surface area contributed by atoms with E-state index in [2.05, 4.69) is 36.5 Å². The van der Waals surface area contributed by atoms with Gasteiger partial charge in [0.1, 0.15) is 9.84 Å². The van der Waals surface area contributed by atoms with Gasteiger partial charge in [0.2, 0.25) is 0 Å². The molecule has 0 heterocycles. The zero-order valence-corrected chi connectivity index (χ0v) is 13.2. The van der Waals surface area contributed by atoms with E-state index in [0.29, 0.717) is 6.04 Å². The molecular formula is C16H25NO2S. The van der Waals surface area contributed by atoms with Crippen molar-refractivity contribution in [2.45, 2.75) is 56.9 Å². The van der Waals surface area contributed by atoms with Gasteiger partial charge in [0.25, 0.3) is 0 Å². The van der Waals surface area contributed by atoms with E-state index in [-0.39, 0.29) is 5.25 Å². The first-order chi connectivity index (χ1) is 9.50. The van der Waals surface area contributed by atoms with E-state index < -0.39 is 9.84 Å². The fraction of sp³-hybridized carbons (Fsp3) is 0.625. The predicted octanol–water partition coefficient (Wildman–Crippen LogP) is 2.69. The SMILES string of the molecule is CCc1ccccc1CNC1CCCC(S(C)(=O)=O)C1. The molecule has 1 aromatic rings. The molecule has 112 valence electrons. The van der Waals surface area contributed by atoms with Crippen molar-refractivity contribution in [3.8, 4) is 0 Å². The molecule has 1 aliphatic carbocycles. The number of benzene rings is 1. The Hall–Kier alpha value is -0.870. The van der Waals surface area contributed by atoms with Crippen LogP contribution < -0.4 is 5.32 Å². The Balaban J connectivity index is 1.94. The molecule has 0 bridgehead atoms. The van der Waals surface area contributed by atoms with Crippen molar-refractivity contribution in [1.82, 2.24) is 5.32 Å². The van der Waals surface area contributed by atoms with E-state index in [1.54, 1.807) is 0 Å². The highest BCUT2D eigenvalue weighted by Gasteiger charge is 2.28. The molecule has 1 saturated carbocycles. The number of nitrogens with one attached hydrogen (secondary N) is 1. The van der Waals surface area contributed by atoms with Crippen molar-refractivity contribution in [3.63, 3.8) is 0 Å². The first kappa shape index (κ1) is 15.5. The van der Waals surface area contributed by atoms with E-state index in [4.69, 9.17) is 0 Å². The maximum atomic E-state index is 11.7. The third-order valence-corrected chi connectivity index (χ3v) is 5.95. The van der Waals surface area contributed by atoms with Crippen LogP contribution in [0.3, 0.4) is 0 Å². The summed E-state index contributed by atoms with van der Waals surface area (Å²) in [5.74, 6) is 0. The van der Waals surface area contributed by atoms with Crippen LogP contribution in [0.25, 0.3) is 0 Å². The number of hydrogen-bond donors (Lipinski definition) is 1. The first-order valence-electron chi connectivity index (χ1n) is 7.49. The third-order valence-electron chi connectivity index (χ3n) is 4.31. The monoisotopic (exact) mass is 295 g/mol. The molecule has 0 aliphatic heterocycles. The molecule has 1 aromatic carbocycles. The van der Waals surface area contributed by atoms with Crippen molar-refractivity contribution in [3.05, 3.63) is 35.4 Å². The van der Waals surface area contributed by atoms with Gasteiger partial charge in [-0.2, -0.15) is 0 Å². The van der Waals surface area contributed by atoms with Gasteiger partial charge in [-0.1, -0.05) is 37.6 Å². The van der Waals surface area contributed by atoms with Crippen LogP contribution in [0.1, 0.15) is 43.7 Å². The number of sulfone groups is 1. The molecule has 1 aliphatic rings. The Morgan fingerprint density at radius 2 is 1.90 bits per heavy atom. The molecule has 0 amide bonds. The van der Waals surface area contributed by atoms with Gasteiger partial charge in [-0.25, -0.2) is 8.42 Å². The van der Waals surface area contributed by atoms with Crippen molar-refractivity contribution in [1.29, 1.82) is 0 Å². The fourth-order valence-electron chi connectivity index (χ4n) is 3.05. The zero-order chi connectivity index (χ0) is 14.6. The lowest BCUT2D eigenvalue weighted by Crippen LogP contribution is -2.38. The maximum Gasteiger partial charge on any atom is 0.150 e. The van der Waals surface area contributed by atoms with Crippen LogP contribution >= 0.6 is 0 Å². The molecule has 2 unspecified atom stereocenters. The molecule has 0 spiro atoms. The molecule has 2 rings (SSSR count). The first-order valence-corrected chi connectivity index (χ1v) is 9.45. The summed E-state index contributed by atoms with van der Waals surface area (Å²) in [7, 11) is -2.89. The van der Waals surface area contributed by atoms with Crippen molar-refractivity contribution < 1.29 is 8.42 Å². The minimum atomic E-state index is -2.89. The van der Waals surface area contributed by atoms with Crippen LogP contribution in [0, 0.1) is 0 Å². The van der Waals surface area contributed by atoms with Gasteiger partial charge in [0.05, 0.1) is 5.25 Å². The minimum Gasteiger partial charge on any atom is -0.310 e. The lowest BCUT2D eigenvalue weighted by atomic mass is 9.94. The standard InChI is InChI=1S/C16H25NO2S/c1-3-13-7-4-5-8-14(13)12-17-15-9-6-10-16(11-15)20(2,18)19/h4-5,7-8,15-17H,3,6,9-12H2,1-2H3. The molecule has 4 heteroatoms. The van der Waals surface area contributed by atoms with E-state index in [1.807, 2.05) is 0 Å². The van der Waals surface area contributed by atoms with Crippen LogP contribution in [0.4, 0.5) is 0 Å². The summed E-state index contributed by atoms with van der Waals surface area (Å²) in [6.45, 7) is 3.00. The van der Waals surface area contributed by atoms with Gasteiger partial charge >= 0.3 is 0 Å². The highest BCUT2D eigenvalue weighted by atomic mass is 32.2. The van der Waals surface area contributed by atoms with Crippen LogP contribution in [0.2, 0.25) is 0 Å². The van der Waals surface area contributed by atoms with Gasteiger partial charge in [-0.3, -0.25) is 0 Å². The van der Waals surface area contributed by atoms with Crippen LogP contribution in [0.15, 0.2) is 24.3 Å². The maximum absolute atomic E-state index is 11.7. The highest BCUT2D eigenvalue weighted by Crippen LogP contribution is 2.24. The molecule has 2 atom stereocenters. The van der Waals surface area contributed by atoms with Gasteiger partial charge in [-0.05, 0) is 36.8 Å². The molecular weight excluding hydrogens is 270 g/mol. The number of aryl methyl sites for hydroxylation is 1. The largest absolute Gasteiger partial charge is 0.310 e. The molecule has 0 radical (unpaired) electrons. The molecule has 1 fully saturated rings. The lowest BCUT2D eigenvalue weighted by molar-refractivity contribution is 0.370. The summed E-state index contributed by atoms with van der Waals surface area (Å²) in [4.78, 5) is 0. The molecule has 20 heavy (non-hydrogen) atoms. The Kier molecular flexibility index (Phi) is 5.22. The van der Waals surface area contributed by atoms with Gasteiger partial charge in [0, 0.05) is 18.8 Å². The van der Waals surface area contributed by atoms with Crippen molar-refractivity contribution >= 4 is 9.84 Å². The van der Waals surface area contributed by atoms with Crippen LogP contribution in [-0.2, 0) is 22.8 Å². The fourth-order valence-corrected chi connectivity index (χ4v) is 4.23. The Labute approximate surface area is 122 Å². The number of rotatable bonds is 5. The average molecular weight is 295 g/mol. The van der Waals surface area contributed by atoms with E-state index in [1.165, 1.54) is 17.4 Å². The summed E-state index contributed by atoms with van der Waals surface area (Å²) in [6, 6.07) is 8.78. The third kappa shape index (κ3) is 4.06. The second-order valence-electron chi connectivity index (χ2n) is 5.82. The van der Waals surface area contributed by atoms with Gasteiger partial charge in [-0.15, -0.1) is 0 Å². The normalized spacial score (nSPS) is 23.7. The Morgan fingerprint density at radius 3 is 2.55 bits per heavy atom. The molecule has 0 aromatic heterocycles. The molecule has 3 nitrogen and oxygen atoms in total. The Morgan fingerprint density at radius 1 is 1.20 bits per heavy atom.